The molecule has 3 nitrogen and oxygen atoms in total. The first-order chi connectivity index (χ1) is 10.6. The van der Waals surface area contributed by atoms with Crippen LogP contribution in [0.25, 0.3) is 0 Å². The van der Waals surface area contributed by atoms with Crippen LogP contribution in [0.2, 0.25) is 0 Å². The van der Waals surface area contributed by atoms with Crippen LogP contribution in [0.15, 0.2) is 18.2 Å². The van der Waals surface area contributed by atoms with E-state index in [1.165, 1.54) is 18.2 Å². The fraction of sp³-hybridized carbons (Fsp3) is 0.562. The first-order valence-electron chi connectivity index (χ1n) is 7.66. The van der Waals surface area contributed by atoms with Crippen LogP contribution in [0.3, 0.4) is 0 Å². The summed E-state index contributed by atoms with van der Waals surface area (Å²) in [7, 11) is 0. The summed E-state index contributed by atoms with van der Waals surface area (Å²) < 4.78 is 28.4. The van der Waals surface area contributed by atoms with Crippen LogP contribution in [-0.4, -0.2) is 30.1 Å². The van der Waals surface area contributed by atoms with E-state index in [4.69, 9.17) is 0 Å². The number of rotatable bonds is 4. The normalized spacial score (nSPS) is 23.6. The number of nitrogens with one attached hydrogen (secondary N) is 2. The van der Waals surface area contributed by atoms with Crippen molar-refractivity contribution < 1.29 is 13.6 Å². The van der Waals surface area contributed by atoms with Crippen LogP contribution in [0.1, 0.15) is 31.2 Å². The van der Waals surface area contributed by atoms with Gasteiger partial charge in [-0.05, 0) is 25.0 Å². The average Bonchev–Trinajstić information content (AvgIpc) is 3.17. The number of thioether (sulfide) groups is 1. The van der Waals surface area contributed by atoms with Crippen molar-refractivity contribution in [2.24, 2.45) is 0 Å². The molecule has 1 saturated carbocycles. The molecule has 1 unspecified atom stereocenters. The molecule has 0 radical (unpaired) electrons. The highest BCUT2D eigenvalue weighted by Crippen LogP contribution is 2.42. The summed E-state index contributed by atoms with van der Waals surface area (Å²) in [6.45, 7) is 0.298. The summed E-state index contributed by atoms with van der Waals surface area (Å²) in [6.07, 6.45) is 3.28. The molecule has 2 fully saturated rings. The first-order valence-corrected chi connectivity index (χ1v) is 8.81. The molecule has 120 valence electrons. The Morgan fingerprint density at radius 1 is 1.32 bits per heavy atom. The lowest BCUT2D eigenvalue weighted by atomic mass is 9.78. The van der Waals surface area contributed by atoms with Crippen molar-refractivity contribution in [3.63, 3.8) is 0 Å². The van der Waals surface area contributed by atoms with Crippen molar-refractivity contribution in [3.8, 4) is 0 Å². The number of benzene rings is 1. The van der Waals surface area contributed by atoms with Crippen molar-refractivity contribution in [2.75, 3.05) is 18.2 Å². The summed E-state index contributed by atoms with van der Waals surface area (Å²) in [5.74, 6) is 0.419. The van der Waals surface area contributed by atoms with Crippen molar-refractivity contribution in [1.82, 2.24) is 10.6 Å². The Morgan fingerprint density at radius 2 is 2.00 bits per heavy atom. The molecule has 2 N–H and O–H groups in total. The summed E-state index contributed by atoms with van der Waals surface area (Å²) in [5.41, 5.74) is -0.474. The number of hydrogen-bond donors (Lipinski definition) is 2. The lowest BCUT2D eigenvalue weighted by Crippen LogP contribution is -2.47. The maximum atomic E-state index is 14.2. The van der Waals surface area contributed by atoms with E-state index in [1.807, 2.05) is 0 Å². The molecule has 1 atom stereocenters. The molecule has 1 aliphatic heterocycles. The fourth-order valence-electron chi connectivity index (χ4n) is 3.51. The van der Waals surface area contributed by atoms with E-state index in [0.29, 0.717) is 19.4 Å². The molecule has 1 amide bonds. The van der Waals surface area contributed by atoms with Crippen molar-refractivity contribution in [1.29, 1.82) is 0 Å². The summed E-state index contributed by atoms with van der Waals surface area (Å²) in [5, 5.41) is 6.02. The van der Waals surface area contributed by atoms with Crippen LogP contribution in [0.5, 0.6) is 0 Å². The van der Waals surface area contributed by atoms with Crippen LogP contribution in [0, 0.1) is 11.6 Å². The molecule has 3 rings (SSSR count). The third-order valence-electron chi connectivity index (χ3n) is 4.69. The highest BCUT2D eigenvalue weighted by molar-refractivity contribution is 7.99. The van der Waals surface area contributed by atoms with Crippen molar-refractivity contribution in [2.45, 2.75) is 37.1 Å². The molecule has 1 heterocycles. The monoisotopic (exact) mass is 326 g/mol. The Bertz CT molecular complexity index is 535. The predicted molar refractivity (Wildman–Crippen MR) is 83.8 cm³/mol. The maximum absolute atomic E-state index is 14.2. The predicted octanol–water partition coefficient (Wildman–Crippen LogP) is 2.56. The molecule has 22 heavy (non-hydrogen) atoms. The second kappa shape index (κ2) is 6.54. The van der Waals surface area contributed by atoms with Gasteiger partial charge in [-0.3, -0.25) is 10.1 Å². The van der Waals surface area contributed by atoms with Gasteiger partial charge in [0.25, 0.3) is 0 Å². The quantitative estimate of drug-likeness (QED) is 0.893. The van der Waals surface area contributed by atoms with E-state index >= 15 is 0 Å². The van der Waals surface area contributed by atoms with Gasteiger partial charge in [0.15, 0.2) is 0 Å². The Kier molecular flexibility index (Phi) is 4.68. The lowest BCUT2D eigenvalue weighted by Gasteiger charge is -2.31. The van der Waals surface area contributed by atoms with E-state index in [0.717, 1.165) is 24.5 Å². The minimum Gasteiger partial charge on any atom is -0.354 e. The number of halogens is 2. The average molecular weight is 326 g/mol. The van der Waals surface area contributed by atoms with Gasteiger partial charge >= 0.3 is 0 Å². The van der Waals surface area contributed by atoms with E-state index in [-0.39, 0.29) is 17.5 Å². The molecule has 1 aromatic rings. The zero-order valence-corrected chi connectivity index (χ0v) is 13.1. The summed E-state index contributed by atoms with van der Waals surface area (Å²) >= 11 is 1.68. The second-order valence-corrected chi connectivity index (χ2v) is 7.10. The first kappa shape index (κ1) is 15.7. The smallest absolute Gasteiger partial charge is 0.238 e. The van der Waals surface area contributed by atoms with Gasteiger partial charge in [-0.15, -0.1) is 11.8 Å². The van der Waals surface area contributed by atoms with Gasteiger partial charge in [-0.2, -0.15) is 0 Å². The van der Waals surface area contributed by atoms with Crippen molar-refractivity contribution >= 4 is 17.7 Å². The molecule has 1 aromatic carbocycles. The van der Waals surface area contributed by atoms with Crippen LogP contribution < -0.4 is 10.6 Å². The fourth-order valence-corrected chi connectivity index (χ4v) is 4.46. The molecule has 0 bridgehead atoms. The SMILES string of the molecule is O=C(NCC1(c2c(F)cccc2F)CCCC1)C1CSCN1. The van der Waals surface area contributed by atoms with E-state index < -0.39 is 17.0 Å². The molecule has 0 spiro atoms. The van der Waals surface area contributed by atoms with Crippen LogP contribution >= 0.6 is 11.8 Å². The summed E-state index contributed by atoms with van der Waals surface area (Å²) in [6, 6.07) is 3.79. The Hall–Kier alpha value is -1.14. The van der Waals surface area contributed by atoms with Gasteiger partial charge in [-0.25, -0.2) is 8.78 Å². The van der Waals surface area contributed by atoms with Gasteiger partial charge in [0.2, 0.25) is 5.91 Å². The number of carbonyl (C=O) groups is 1. The maximum Gasteiger partial charge on any atom is 0.238 e. The lowest BCUT2D eigenvalue weighted by molar-refractivity contribution is -0.122. The zero-order chi connectivity index (χ0) is 15.6. The highest BCUT2D eigenvalue weighted by Gasteiger charge is 2.40. The molecule has 6 heteroatoms. The molecule has 1 saturated heterocycles. The Labute approximate surface area is 133 Å². The molecule has 2 aliphatic rings. The minimum atomic E-state index is -0.614. The Balaban J connectivity index is 1.78. The highest BCUT2D eigenvalue weighted by atomic mass is 32.2. The van der Waals surface area contributed by atoms with E-state index in [9.17, 15) is 13.6 Å². The van der Waals surface area contributed by atoms with Gasteiger partial charge in [-0.1, -0.05) is 18.9 Å². The standard InChI is InChI=1S/C16H20F2N2OS/c17-11-4-3-5-12(18)14(11)16(6-1-2-7-16)9-19-15(21)13-8-22-10-20-13/h3-5,13,20H,1-2,6-10H2,(H,19,21). The van der Waals surface area contributed by atoms with Gasteiger partial charge in [0.1, 0.15) is 11.6 Å². The topological polar surface area (TPSA) is 41.1 Å². The van der Waals surface area contributed by atoms with Gasteiger partial charge in [0, 0.05) is 29.2 Å². The third kappa shape index (κ3) is 2.99. The molecule has 1 aliphatic carbocycles. The zero-order valence-electron chi connectivity index (χ0n) is 12.3. The number of carbonyl (C=O) groups excluding carboxylic acids is 1. The van der Waals surface area contributed by atoms with Crippen LogP contribution in [0.4, 0.5) is 8.78 Å². The number of amides is 1. The van der Waals surface area contributed by atoms with Gasteiger partial charge in [0.05, 0.1) is 6.04 Å². The minimum absolute atomic E-state index is 0.0759. The van der Waals surface area contributed by atoms with E-state index in [1.54, 1.807) is 11.8 Å². The Morgan fingerprint density at radius 3 is 2.59 bits per heavy atom. The molecule has 0 aromatic heterocycles. The third-order valence-corrected chi connectivity index (χ3v) is 5.63. The van der Waals surface area contributed by atoms with Crippen LogP contribution in [-0.2, 0) is 10.2 Å². The van der Waals surface area contributed by atoms with Gasteiger partial charge < -0.3 is 5.32 Å². The largest absolute Gasteiger partial charge is 0.354 e. The van der Waals surface area contributed by atoms with Crippen molar-refractivity contribution in [3.05, 3.63) is 35.4 Å². The number of hydrogen-bond acceptors (Lipinski definition) is 3. The van der Waals surface area contributed by atoms with E-state index in [2.05, 4.69) is 10.6 Å². The molecular formula is C16H20F2N2OS. The molecular weight excluding hydrogens is 306 g/mol. The summed E-state index contributed by atoms with van der Waals surface area (Å²) in [4.78, 5) is 12.2. The second-order valence-electron chi connectivity index (χ2n) is 6.07.